The molecule has 1 heterocycles. The first-order chi connectivity index (χ1) is 11.3. The lowest BCUT2D eigenvalue weighted by molar-refractivity contribution is 0.177. The van der Waals surface area contributed by atoms with Crippen LogP contribution in [0.3, 0.4) is 0 Å². The number of methoxy groups -OCH3 is 1. The van der Waals surface area contributed by atoms with Crippen LogP contribution in [-0.4, -0.2) is 35.1 Å². The van der Waals surface area contributed by atoms with E-state index in [0.717, 1.165) is 37.2 Å². The van der Waals surface area contributed by atoms with Gasteiger partial charge in [-0.05, 0) is 25.1 Å². The number of ether oxygens (including phenoxy) is 1. The van der Waals surface area contributed by atoms with Gasteiger partial charge in [-0.25, -0.2) is 9.97 Å². The van der Waals surface area contributed by atoms with Crippen LogP contribution in [0.4, 0.5) is 0 Å². The summed E-state index contributed by atoms with van der Waals surface area (Å²) in [6.07, 6.45) is 4.83. The van der Waals surface area contributed by atoms with E-state index < -0.39 is 0 Å². The summed E-state index contributed by atoms with van der Waals surface area (Å²) in [5.41, 5.74) is 2.15. The molecule has 23 heavy (non-hydrogen) atoms. The fourth-order valence-corrected chi connectivity index (χ4v) is 2.23. The Morgan fingerprint density at radius 2 is 1.87 bits per heavy atom. The zero-order chi connectivity index (χ0) is 16.3. The van der Waals surface area contributed by atoms with E-state index in [1.807, 2.05) is 42.7 Å². The van der Waals surface area contributed by atoms with E-state index in [9.17, 15) is 0 Å². The average Bonchev–Trinajstić information content (AvgIpc) is 2.58. The van der Waals surface area contributed by atoms with Gasteiger partial charge in [0.1, 0.15) is 6.61 Å². The van der Waals surface area contributed by atoms with Crippen LogP contribution in [0, 0.1) is 11.8 Å². The highest BCUT2D eigenvalue weighted by Gasteiger charge is 2.05. The summed E-state index contributed by atoms with van der Waals surface area (Å²) in [5.74, 6) is 7.17. The lowest BCUT2D eigenvalue weighted by Crippen LogP contribution is -2.24. The molecule has 0 saturated carbocycles. The fraction of sp³-hybridized carbons (Fsp3) is 0.368. The highest BCUT2D eigenvalue weighted by molar-refractivity contribution is 5.33. The third kappa shape index (κ3) is 6.19. The third-order valence-corrected chi connectivity index (χ3v) is 3.29. The van der Waals surface area contributed by atoms with Crippen molar-refractivity contribution in [3.05, 3.63) is 59.7 Å². The van der Waals surface area contributed by atoms with E-state index in [4.69, 9.17) is 4.74 Å². The number of benzene rings is 1. The molecule has 2 rings (SSSR count). The lowest BCUT2D eigenvalue weighted by Gasteiger charge is -2.18. The maximum atomic E-state index is 5.03. The first-order valence-corrected chi connectivity index (χ1v) is 7.87. The largest absolute Gasteiger partial charge is 0.377 e. The first kappa shape index (κ1) is 17.1. The second-order valence-electron chi connectivity index (χ2n) is 5.32. The van der Waals surface area contributed by atoms with Gasteiger partial charge in [0.05, 0.1) is 6.54 Å². The van der Waals surface area contributed by atoms with Crippen LogP contribution >= 0.6 is 0 Å². The Hall–Kier alpha value is -2.22. The average molecular weight is 309 g/mol. The summed E-state index contributed by atoms with van der Waals surface area (Å²) in [6, 6.07) is 10.1. The van der Waals surface area contributed by atoms with Gasteiger partial charge < -0.3 is 4.74 Å². The molecule has 0 aliphatic carbocycles. The fourth-order valence-electron chi connectivity index (χ4n) is 2.23. The van der Waals surface area contributed by atoms with E-state index in [2.05, 4.69) is 33.6 Å². The summed E-state index contributed by atoms with van der Waals surface area (Å²) in [7, 11) is 1.64. The van der Waals surface area contributed by atoms with Gasteiger partial charge in [-0.15, -0.1) is 0 Å². The number of hydrogen-bond donors (Lipinski definition) is 0. The molecule has 1 aromatic heterocycles. The summed E-state index contributed by atoms with van der Waals surface area (Å²) < 4.78 is 5.03. The summed E-state index contributed by atoms with van der Waals surface area (Å²) in [5, 5.41) is 0. The van der Waals surface area contributed by atoms with E-state index in [1.54, 1.807) is 7.11 Å². The number of hydrogen-bond acceptors (Lipinski definition) is 4. The van der Waals surface area contributed by atoms with E-state index in [-0.39, 0.29) is 0 Å². The minimum atomic E-state index is 0.446. The van der Waals surface area contributed by atoms with Crippen molar-refractivity contribution in [2.24, 2.45) is 0 Å². The standard InChI is InChI=1S/C19H23N3O/c1-3-11-22(12-7-10-17-8-5-4-6-9-17)15-18-13-20-19(16-23-2)21-14-18/h4-6,8-9,13-14H,3,11-12,15-16H2,1-2H3. The Morgan fingerprint density at radius 1 is 1.13 bits per heavy atom. The summed E-state index contributed by atoms with van der Waals surface area (Å²) >= 11 is 0. The third-order valence-electron chi connectivity index (χ3n) is 3.29. The Labute approximate surface area is 138 Å². The Balaban J connectivity index is 1.94. The maximum absolute atomic E-state index is 5.03. The van der Waals surface area contributed by atoms with Crippen LogP contribution in [0.15, 0.2) is 42.7 Å². The topological polar surface area (TPSA) is 38.2 Å². The molecule has 0 radical (unpaired) electrons. The van der Waals surface area contributed by atoms with Gasteiger partial charge in [0, 0.05) is 37.2 Å². The van der Waals surface area contributed by atoms with Gasteiger partial charge in [-0.3, -0.25) is 4.90 Å². The van der Waals surface area contributed by atoms with Gasteiger partial charge in [-0.2, -0.15) is 0 Å². The van der Waals surface area contributed by atoms with Crippen molar-refractivity contribution in [1.82, 2.24) is 14.9 Å². The first-order valence-electron chi connectivity index (χ1n) is 7.87. The second-order valence-corrected chi connectivity index (χ2v) is 5.32. The van der Waals surface area contributed by atoms with Gasteiger partial charge in [-0.1, -0.05) is 37.0 Å². The minimum Gasteiger partial charge on any atom is -0.377 e. The predicted octanol–water partition coefficient (Wildman–Crippen LogP) is 2.89. The molecule has 0 fully saturated rings. The molecular weight excluding hydrogens is 286 g/mol. The summed E-state index contributed by atoms with van der Waals surface area (Å²) in [4.78, 5) is 10.9. The van der Waals surface area contributed by atoms with Gasteiger partial charge in [0.15, 0.2) is 5.82 Å². The van der Waals surface area contributed by atoms with E-state index in [0.29, 0.717) is 12.4 Å². The van der Waals surface area contributed by atoms with Gasteiger partial charge in [0.2, 0.25) is 0 Å². The molecule has 1 aromatic carbocycles. The SMILES string of the molecule is CCCN(CC#Cc1ccccc1)Cc1cnc(COC)nc1. The zero-order valence-electron chi connectivity index (χ0n) is 13.8. The quantitative estimate of drug-likeness (QED) is 0.737. The molecule has 0 amide bonds. The zero-order valence-corrected chi connectivity index (χ0v) is 13.8. The number of nitrogens with zero attached hydrogens (tertiary/aromatic N) is 3. The molecule has 0 saturated heterocycles. The Morgan fingerprint density at radius 3 is 2.52 bits per heavy atom. The smallest absolute Gasteiger partial charge is 0.153 e. The molecule has 120 valence electrons. The van der Waals surface area contributed by atoms with Gasteiger partial charge in [0.25, 0.3) is 0 Å². The highest BCUT2D eigenvalue weighted by Crippen LogP contribution is 2.04. The maximum Gasteiger partial charge on any atom is 0.153 e. The molecule has 4 heteroatoms. The molecular formula is C19H23N3O. The second kappa shape index (κ2) is 9.73. The predicted molar refractivity (Wildman–Crippen MR) is 91.6 cm³/mol. The molecule has 4 nitrogen and oxygen atoms in total. The van der Waals surface area contributed by atoms with E-state index >= 15 is 0 Å². The van der Waals surface area contributed by atoms with Crippen molar-refractivity contribution < 1.29 is 4.74 Å². The highest BCUT2D eigenvalue weighted by atomic mass is 16.5. The van der Waals surface area contributed by atoms with Crippen LogP contribution in [0.2, 0.25) is 0 Å². The van der Waals surface area contributed by atoms with Crippen LogP contribution in [0.25, 0.3) is 0 Å². The van der Waals surface area contributed by atoms with Crippen molar-refractivity contribution in [2.75, 3.05) is 20.2 Å². The van der Waals surface area contributed by atoms with Crippen LogP contribution in [-0.2, 0) is 17.9 Å². The molecule has 2 aromatic rings. The summed E-state index contributed by atoms with van der Waals surface area (Å²) in [6.45, 7) is 5.17. The van der Waals surface area contributed by atoms with E-state index in [1.165, 1.54) is 0 Å². The van der Waals surface area contributed by atoms with Crippen molar-refractivity contribution in [2.45, 2.75) is 26.5 Å². The molecule has 0 aliphatic heterocycles. The Bertz CT molecular complexity index is 629. The number of rotatable bonds is 7. The molecule has 0 bridgehead atoms. The normalized spacial score (nSPS) is 10.4. The molecule has 0 unspecified atom stereocenters. The van der Waals surface area contributed by atoms with Crippen molar-refractivity contribution in [3.63, 3.8) is 0 Å². The number of aromatic nitrogens is 2. The monoisotopic (exact) mass is 309 g/mol. The van der Waals surface area contributed by atoms with Crippen molar-refractivity contribution in [1.29, 1.82) is 0 Å². The Kier molecular flexibility index (Phi) is 7.25. The van der Waals surface area contributed by atoms with Gasteiger partial charge >= 0.3 is 0 Å². The van der Waals surface area contributed by atoms with Crippen molar-refractivity contribution >= 4 is 0 Å². The molecule has 0 aliphatic rings. The lowest BCUT2D eigenvalue weighted by atomic mass is 10.2. The van der Waals surface area contributed by atoms with Crippen LogP contribution in [0.1, 0.15) is 30.3 Å². The molecule has 0 atom stereocenters. The molecule has 0 N–H and O–H groups in total. The van der Waals surface area contributed by atoms with Crippen molar-refractivity contribution in [3.8, 4) is 11.8 Å². The molecule has 0 spiro atoms. The van der Waals surface area contributed by atoms with Crippen LogP contribution < -0.4 is 0 Å². The van der Waals surface area contributed by atoms with Crippen LogP contribution in [0.5, 0.6) is 0 Å². The minimum absolute atomic E-state index is 0.446.